The van der Waals surface area contributed by atoms with Gasteiger partial charge in [-0.25, -0.2) is 0 Å². The maximum atomic E-state index is 12.8. The number of benzene rings is 1. The fourth-order valence-corrected chi connectivity index (χ4v) is 4.38. The molecule has 7 heteroatoms. The van der Waals surface area contributed by atoms with Gasteiger partial charge in [0.2, 0.25) is 0 Å². The SMILES string of the molecule is C=CCN1C(=O)/C(=C2\C(=O)N(CC)c3ccc(Br)cc32)SC1=S. The third-order valence-electron chi connectivity index (χ3n) is 3.68. The fourth-order valence-electron chi connectivity index (χ4n) is 2.67. The molecule has 23 heavy (non-hydrogen) atoms. The summed E-state index contributed by atoms with van der Waals surface area (Å²) in [6, 6.07) is 5.65. The molecule has 2 amide bonds. The van der Waals surface area contributed by atoms with Gasteiger partial charge in [-0.15, -0.1) is 6.58 Å². The second-order valence-corrected chi connectivity index (χ2v) is 7.55. The first-order valence-electron chi connectivity index (χ1n) is 7.00. The number of hydrogen-bond acceptors (Lipinski definition) is 4. The molecular formula is C16H13BrN2O2S2. The lowest BCUT2D eigenvalue weighted by Crippen LogP contribution is -2.29. The van der Waals surface area contributed by atoms with Gasteiger partial charge in [-0.3, -0.25) is 14.5 Å². The Bertz CT molecular complexity index is 788. The van der Waals surface area contributed by atoms with Crippen LogP contribution in [0.15, 0.2) is 40.2 Å². The zero-order chi connectivity index (χ0) is 16.7. The van der Waals surface area contributed by atoms with Crippen LogP contribution in [0.2, 0.25) is 0 Å². The number of carbonyl (C=O) groups excluding carboxylic acids is 2. The summed E-state index contributed by atoms with van der Waals surface area (Å²) in [6.45, 7) is 6.45. The number of halogens is 1. The molecule has 0 N–H and O–H groups in total. The van der Waals surface area contributed by atoms with E-state index >= 15 is 0 Å². The normalized spacial score (nSPS) is 20.5. The maximum Gasteiger partial charge on any atom is 0.267 e. The van der Waals surface area contributed by atoms with Crippen molar-refractivity contribution in [3.8, 4) is 0 Å². The largest absolute Gasteiger partial charge is 0.308 e. The Hall–Kier alpha value is -1.44. The van der Waals surface area contributed by atoms with Crippen molar-refractivity contribution in [3.05, 3.63) is 45.8 Å². The van der Waals surface area contributed by atoms with E-state index in [1.54, 1.807) is 11.0 Å². The van der Waals surface area contributed by atoms with Gasteiger partial charge in [-0.2, -0.15) is 0 Å². The lowest BCUT2D eigenvalue weighted by atomic mass is 10.1. The summed E-state index contributed by atoms with van der Waals surface area (Å²) in [4.78, 5) is 29.0. The number of carbonyl (C=O) groups is 2. The molecule has 1 aromatic rings. The van der Waals surface area contributed by atoms with Gasteiger partial charge in [0.15, 0.2) is 0 Å². The van der Waals surface area contributed by atoms with Crippen molar-refractivity contribution in [1.29, 1.82) is 0 Å². The number of likely N-dealkylation sites (N-methyl/N-ethyl adjacent to an activating group) is 1. The van der Waals surface area contributed by atoms with E-state index in [9.17, 15) is 9.59 Å². The predicted octanol–water partition coefficient (Wildman–Crippen LogP) is 3.57. The smallest absolute Gasteiger partial charge is 0.267 e. The number of anilines is 1. The first kappa shape index (κ1) is 16.4. The Balaban J connectivity index is 2.19. The first-order chi connectivity index (χ1) is 11.0. The minimum atomic E-state index is -0.230. The minimum Gasteiger partial charge on any atom is -0.308 e. The topological polar surface area (TPSA) is 40.6 Å². The average molecular weight is 409 g/mol. The summed E-state index contributed by atoms with van der Waals surface area (Å²) in [6.07, 6.45) is 1.62. The fraction of sp³-hybridized carbons (Fsp3) is 0.188. The van der Waals surface area contributed by atoms with E-state index in [1.807, 2.05) is 25.1 Å². The van der Waals surface area contributed by atoms with Crippen LogP contribution in [0.4, 0.5) is 5.69 Å². The lowest BCUT2D eigenvalue weighted by molar-refractivity contribution is -0.122. The van der Waals surface area contributed by atoms with Crippen molar-refractivity contribution in [2.75, 3.05) is 18.0 Å². The van der Waals surface area contributed by atoms with Crippen LogP contribution in [0.25, 0.3) is 5.57 Å². The molecule has 4 nitrogen and oxygen atoms in total. The Labute approximate surface area is 152 Å². The van der Waals surface area contributed by atoms with Crippen LogP contribution in [0.5, 0.6) is 0 Å². The third-order valence-corrected chi connectivity index (χ3v) is 5.62. The molecule has 2 aliphatic heterocycles. The summed E-state index contributed by atoms with van der Waals surface area (Å²) < 4.78 is 1.32. The lowest BCUT2D eigenvalue weighted by Gasteiger charge is -2.13. The average Bonchev–Trinajstić information content (AvgIpc) is 2.94. The molecule has 0 aliphatic carbocycles. The second kappa shape index (κ2) is 6.22. The van der Waals surface area contributed by atoms with Crippen molar-refractivity contribution in [2.45, 2.75) is 6.92 Å². The Morgan fingerprint density at radius 3 is 2.70 bits per heavy atom. The van der Waals surface area contributed by atoms with Crippen molar-refractivity contribution in [2.24, 2.45) is 0 Å². The van der Waals surface area contributed by atoms with Crippen LogP contribution < -0.4 is 4.90 Å². The molecule has 118 valence electrons. The van der Waals surface area contributed by atoms with Crippen molar-refractivity contribution in [3.63, 3.8) is 0 Å². The number of amides is 2. The van der Waals surface area contributed by atoms with Crippen LogP contribution in [0, 0.1) is 0 Å². The van der Waals surface area contributed by atoms with Gasteiger partial charge in [0.1, 0.15) is 4.32 Å². The summed E-state index contributed by atoms with van der Waals surface area (Å²) in [5, 5.41) is 0. The number of fused-ring (bicyclic) bond motifs is 1. The summed E-state index contributed by atoms with van der Waals surface area (Å²) in [7, 11) is 0. The van der Waals surface area contributed by atoms with Gasteiger partial charge in [0, 0.05) is 23.1 Å². The molecular weight excluding hydrogens is 396 g/mol. The monoisotopic (exact) mass is 408 g/mol. The zero-order valence-corrected chi connectivity index (χ0v) is 15.6. The molecule has 0 radical (unpaired) electrons. The van der Waals surface area contributed by atoms with E-state index < -0.39 is 0 Å². The number of hydrogen-bond donors (Lipinski definition) is 0. The second-order valence-electron chi connectivity index (χ2n) is 4.99. The first-order valence-corrected chi connectivity index (χ1v) is 9.02. The third kappa shape index (κ3) is 2.56. The predicted molar refractivity (Wildman–Crippen MR) is 101 cm³/mol. The van der Waals surface area contributed by atoms with E-state index in [2.05, 4.69) is 22.5 Å². The van der Waals surface area contributed by atoms with Crippen molar-refractivity contribution >= 4 is 67.3 Å². The van der Waals surface area contributed by atoms with Gasteiger partial charge in [0.05, 0.1) is 16.2 Å². The van der Waals surface area contributed by atoms with Gasteiger partial charge >= 0.3 is 0 Å². The molecule has 2 aliphatic rings. The molecule has 0 aromatic heterocycles. The molecule has 1 fully saturated rings. The van der Waals surface area contributed by atoms with Gasteiger partial charge in [-0.1, -0.05) is 46.0 Å². The Morgan fingerprint density at radius 1 is 1.30 bits per heavy atom. The molecule has 0 saturated carbocycles. The van der Waals surface area contributed by atoms with Gasteiger partial charge < -0.3 is 4.90 Å². The highest BCUT2D eigenvalue weighted by atomic mass is 79.9. The summed E-state index contributed by atoms with van der Waals surface area (Å²) in [5.74, 6) is -0.383. The highest BCUT2D eigenvalue weighted by Gasteiger charge is 2.41. The molecule has 3 rings (SSSR count). The number of nitrogens with zero attached hydrogens (tertiary/aromatic N) is 2. The summed E-state index contributed by atoms with van der Waals surface area (Å²) >= 11 is 9.88. The Morgan fingerprint density at radius 2 is 2.04 bits per heavy atom. The van der Waals surface area contributed by atoms with E-state index in [0.29, 0.717) is 27.9 Å². The molecule has 1 aromatic carbocycles. The van der Waals surface area contributed by atoms with E-state index in [4.69, 9.17) is 12.2 Å². The van der Waals surface area contributed by atoms with Crippen LogP contribution in [-0.2, 0) is 9.59 Å². The minimum absolute atomic E-state index is 0.153. The zero-order valence-electron chi connectivity index (χ0n) is 12.3. The van der Waals surface area contributed by atoms with E-state index in [0.717, 1.165) is 15.7 Å². The van der Waals surface area contributed by atoms with Crippen LogP contribution in [0.3, 0.4) is 0 Å². The number of rotatable bonds is 3. The van der Waals surface area contributed by atoms with E-state index in [-0.39, 0.29) is 11.8 Å². The molecule has 1 saturated heterocycles. The molecule has 0 spiro atoms. The molecule has 0 atom stereocenters. The van der Waals surface area contributed by atoms with Crippen LogP contribution in [-0.4, -0.2) is 34.1 Å². The van der Waals surface area contributed by atoms with Crippen LogP contribution in [0.1, 0.15) is 12.5 Å². The Kier molecular flexibility index (Phi) is 4.44. The summed E-state index contributed by atoms with van der Waals surface area (Å²) in [5.41, 5.74) is 2.03. The molecule has 2 heterocycles. The van der Waals surface area contributed by atoms with Crippen LogP contribution >= 0.6 is 39.9 Å². The van der Waals surface area contributed by atoms with Gasteiger partial charge in [-0.05, 0) is 25.1 Å². The highest BCUT2D eigenvalue weighted by Crippen LogP contribution is 2.45. The van der Waals surface area contributed by atoms with Crippen molar-refractivity contribution in [1.82, 2.24) is 4.90 Å². The number of thiocarbonyl (C=S) groups is 1. The van der Waals surface area contributed by atoms with Gasteiger partial charge in [0.25, 0.3) is 11.8 Å². The molecule has 0 bridgehead atoms. The molecule has 0 unspecified atom stereocenters. The van der Waals surface area contributed by atoms with E-state index in [1.165, 1.54) is 16.7 Å². The number of thioether (sulfide) groups is 1. The van der Waals surface area contributed by atoms with Crippen molar-refractivity contribution < 1.29 is 9.59 Å². The maximum absolute atomic E-state index is 12.8. The highest BCUT2D eigenvalue weighted by molar-refractivity contribution is 9.10. The quantitative estimate of drug-likeness (QED) is 0.435. The standard InChI is InChI=1S/C16H13BrN2O2S2/c1-3-7-19-15(21)13(23-16(19)22)12-10-8-9(17)5-6-11(10)18(4-2)14(12)20/h3,5-6,8H,1,4,7H2,2H3/b13-12+.